The van der Waals surface area contributed by atoms with E-state index in [0.717, 1.165) is 5.56 Å². The number of carbonyl (C=O) groups excluding carboxylic acids is 3. The normalized spacial score (nSPS) is 14.1. The van der Waals surface area contributed by atoms with Gasteiger partial charge in [-0.25, -0.2) is 9.78 Å². The summed E-state index contributed by atoms with van der Waals surface area (Å²) in [6, 6.07) is 3.64. The summed E-state index contributed by atoms with van der Waals surface area (Å²) in [7, 11) is 0. The topological polar surface area (TPSA) is 217 Å². The molecule has 0 saturated carbocycles. The number of nitrogens with one attached hydrogen (secondary N) is 4. The molecule has 4 atom stereocenters. The van der Waals surface area contributed by atoms with Crippen LogP contribution in [0.15, 0.2) is 42.9 Å². The van der Waals surface area contributed by atoms with Crippen molar-refractivity contribution in [1.82, 2.24) is 25.9 Å². The summed E-state index contributed by atoms with van der Waals surface area (Å²) in [6.07, 6.45) is 2.05. The molecule has 2 aromatic rings. The maximum absolute atomic E-state index is 12.8. The zero-order valence-electron chi connectivity index (χ0n) is 19.1. The molecule has 194 valence electrons. The first-order chi connectivity index (χ1) is 17.1. The summed E-state index contributed by atoms with van der Waals surface area (Å²) in [6.45, 7) is 0. The van der Waals surface area contributed by atoms with Gasteiger partial charge in [-0.1, -0.05) is 30.3 Å². The molecule has 1 aromatic carbocycles. The van der Waals surface area contributed by atoms with Crippen molar-refractivity contribution in [2.75, 3.05) is 5.75 Å². The molecule has 8 N–H and O–H groups in total. The van der Waals surface area contributed by atoms with E-state index >= 15 is 0 Å². The second kappa shape index (κ2) is 13.8. The summed E-state index contributed by atoms with van der Waals surface area (Å²) < 4.78 is 0. The Morgan fingerprint density at radius 2 is 1.53 bits per heavy atom. The maximum Gasteiger partial charge on any atom is 0.326 e. The van der Waals surface area contributed by atoms with Crippen LogP contribution in [0.25, 0.3) is 0 Å². The molecule has 0 aliphatic carbocycles. The van der Waals surface area contributed by atoms with Crippen molar-refractivity contribution in [3.8, 4) is 0 Å². The number of nitrogens with two attached hydrogens (primary N) is 1. The average Bonchev–Trinajstić information content (AvgIpc) is 3.34. The third-order valence-corrected chi connectivity index (χ3v) is 5.42. The first kappa shape index (κ1) is 28.3. The zero-order valence-corrected chi connectivity index (χ0v) is 20.0. The fraction of sp³-hybridized carbons (Fsp3) is 0.364. The molecule has 3 amide bonds. The highest BCUT2D eigenvalue weighted by molar-refractivity contribution is 7.80. The third-order valence-electron chi connectivity index (χ3n) is 5.06. The number of rotatable bonds is 14. The van der Waals surface area contributed by atoms with E-state index in [1.165, 1.54) is 12.5 Å². The number of hydrogen-bond donors (Lipinski definition) is 8. The lowest BCUT2D eigenvalue weighted by Crippen LogP contribution is -2.58. The van der Waals surface area contributed by atoms with E-state index in [-0.39, 0.29) is 18.6 Å². The Morgan fingerprint density at radius 3 is 2.08 bits per heavy atom. The van der Waals surface area contributed by atoms with Gasteiger partial charge in [0.25, 0.3) is 0 Å². The van der Waals surface area contributed by atoms with Crippen LogP contribution in [0.1, 0.15) is 17.7 Å². The first-order valence-electron chi connectivity index (χ1n) is 10.8. The fourth-order valence-corrected chi connectivity index (χ4v) is 3.44. The second-order valence-electron chi connectivity index (χ2n) is 7.88. The van der Waals surface area contributed by atoms with Gasteiger partial charge in [-0.3, -0.25) is 19.2 Å². The van der Waals surface area contributed by atoms with Gasteiger partial charge < -0.3 is 36.9 Å². The number of carboxylic acids is 2. The molecule has 13 nitrogen and oxygen atoms in total. The molecule has 0 radical (unpaired) electrons. The monoisotopic (exact) mass is 520 g/mol. The molecule has 4 unspecified atom stereocenters. The van der Waals surface area contributed by atoms with Gasteiger partial charge in [0.05, 0.1) is 18.8 Å². The molecule has 0 fully saturated rings. The highest BCUT2D eigenvalue weighted by atomic mass is 32.1. The summed E-state index contributed by atoms with van der Waals surface area (Å²) in [4.78, 5) is 67.3. The van der Waals surface area contributed by atoms with E-state index in [9.17, 15) is 34.2 Å². The lowest BCUT2D eigenvalue weighted by Gasteiger charge is -2.23. The molecule has 14 heteroatoms. The van der Waals surface area contributed by atoms with Crippen LogP contribution in [0.3, 0.4) is 0 Å². The van der Waals surface area contributed by atoms with Crippen molar-refractivity contribution in [2.24, 2.45) is 5.73 Å². The lowest BCUT2D eigenvalue weighted by molar-refractivity contribution is -0.143. The van der Waals surface area contributed by atoms with Gasteiger partial charge in [0.2, 0.25) is 17.7 Å². The van der Waals surface area contributed by atoms with E-state index in [2.05, 4.69) is 38.5 Å². The first-order valence-corrected chi connectivity index (χ1v) is 11.5. The molecule has 2 rings (SSSR count). The van der Waals surface area contributed by atoms with Crippen molar-refractivity contribution in [3.05, 3.63) is 54.1 Å². The Kier molecular flexibility index (Phi) is 10.9. The summed E-state index contributed by atoms with van der Waals surface area (Å²) in [5, 5.41) is 25.5. The summed E-state index contributed by atoms with van der Waals surface area (Å²) in [5.74, 6) is -5.48. The number of carbonyl (C=O) groups is 5. The van der Waals surface area contributed by atoms with E-state index in [1.807, 2.05) is 0 Å². The van der Waals surface area contributed by atoms with E-state index in [1.54, 1.807) is 30.3 Å². The van der Waals surface area contributed by atoms with Crippen LogP contribution in [-0.2, 0) is 36.8 Å². The maximum atomic E-state index is 12.8. The molecule has 0 aliphatic heterocycles. The minimum Gasteiger partial charge on any atom is -0.481 e. The summed E-state index contributed by atoms with van der Waals surface area (Å²) >= 11 is 4.03. The van der Waals surface area contributed by atoms with Crippen molar-refractivity contribution in [2.45, 2.75) is 43.4 Å². The molecule has 36 heavy (non-hydrogen) atoms. The van der Waals surface area contributed by atoms with Crippen molar-refractivity contribution in [1.29, 1.82) is 0 Å². The zero-order chi connectivity index (χ0) is 26.7. The van der Waals surface area contributed by atoms with Crippen LogP contribution < -0.4 is 21.7 Å². The number of aromatic amines is 1. The fourth-order valence-electron chi connectivity index (χ4n) is 3.18. The number of imidazole rings is 1. The van der Waals surface area contributed by atoms with Gasteiger partial charge >= 0.3 is 11.9 Å². The smallest absolute Gasteiger partial charge is 0.326 e. The van der Waals surface area contributed by atoms with E-state index < -0.39 is 60.2 Å². The number of carboxylic acid groups (broad SMARTS) is 2. The minimum atomic E-state index is -1.53. The molecular formula is C22H28N6O7S. The van der Waals surface area contributed by atoms with Gasteiger partial charge in [-0.2, -0.15) is 12.6 Å². The van der Waals surface area contributed by atoms with Gasteiger partial charge in [0, 0.05) is 24.1 Å². The van der Waals surface area contributed by atoms with Gasteiger partial charge in [0.1, 0.15) is 18.1 Å². The number of aliphatic carboxylic acids is 2. The van der Waals surface area contributed by atoms with Crippen molar-refractivity contribution >= 4 is 42.3 Å². The van der Waals surface area contributed by atoms with Crippen LogP contribution >= 0.6 is 12.6 Å². The summed E-state index contributed by atoms with van der Waals surface area (Å²) in [5.41, 5.74) is 7.15. The number of amides is 3. The Balaban J connectivity index is 2.03. The van der Waals surface area contributed by atoms with Crippen LogP contribution in [-0.4, -0.2) is 79.8 Å². The number of aromatic nitrogens is 2. The average molecular weight is 521 g/mol. The predicted octanol–water partition coefficient (Wildman–Crippen LogP) is -1.53. The number of thiol groups is 1. The predicted molar refractivity (Wildman–Crippen MR) is 130 cm³/mol. The molecule has 0 bridgehead atoms. The van der Waals surface area contributed by atoms with Crippen LogP contribution in [0.4, 0.5) is 0 Å². The molecule has 1 aromatic heterocycles. The second-order valence-corrected chi connectivity index (χ2v) is 8.24. The standard InChI is InChI=1S/C22H28N6O7S/c23-14(6-12-4-2-1-3-5-12)19(31)26-15(8-18(29)30)20(32)28-17(10-36)21(33)27-16(22(34)35)7-13-9-24-11-25-13/h1-5,9,11,14-17,36H,6-8,10,23H2,(H,24,25)(H,26,31)(H,27,33)(H,28,32)(H,29,30)(H,34,35). The van der Waals surface area contributed by atoms with E-state index in [0.29, 0.717) is 5.69 Å². The SMILES string of the molecule is NC(Cc1ccccc1)C(=O)NC(CC(=O)O)C(=O)NC(CS)C(=O)NC(Cc1cnc[nH]1)C(=O)O. The molecule has 0 saturated heterocycles. The highest BCUT2D eigenvalue weighted by Gasteiger charge is 2.31. The van der Waals surface area contributed by atoms with Crippen molar-refractivity contribution < 1.29 is 34.2 Å². The minimum absolute atomic E-state index is 0.0920. The largest absolute Gasteiger partial charge is 0.481 e. The van der Waals surface area contributed by atoms with Gasteiger partial charge in [-0.15, -0.1) is 0 Å². The molecule has 0 aliphatic rings. The third kappa shape index (κ3) is 9.03. The molecular weight excluding hydrogens is 492 g/mol. The Morgan fingerprint density at radius 1 is 0.917 bits per heavy atom. The van der Waals surface area contributed by atoms with Crippen molar-refractivity contribution in [3.63, 3.8) is 0 Å². The van der Waals surface area contributed by atoms with E-state index in [4.69, 9.17) is 5.73 Å². The highest BCUT2D eigenvalue weighted by Crippen LogP contribution is 2.04. The Hall–Kier alpha value is -3.91. The quantitative estimate of drug-likeness (QED) is 0.135. The lowest BCUT2D eigenvalue weighted by atomic mass is 10.1. The molecule has 1 heterocycles. The van der Waals surface area contributed by atoms with Gasteiger partial charge in [0.15, 0.2) is 0 Å². The number of H-pyrrole nitrogens is 1. The number of benzene rings is 1. The number of nitrogens with zero attached hydrogens (tertiary/aromatic N) is 1. The molecule has 0 spiro atoms. The Labute approximate surface area is 211 Å². The van der Waals surface area contributed by atoms with Gasteiger partial charge in [-0.05, 0) is 12.0 Å². The van der Waals surface area contributed by atoms with Crippen LogP contribution in [0.2, 0.25) is 0 Å². The number of hydrogen-bond acceptors (Lipinski definition) is 8. The van der Waals surface area contributed by atoms with Crippen LogP contribution in [0.5, 0.6) is 0 Å². The Bertz CT molecular complexity index is 1050. The van der Waals surface area contributed by atoms with Crippen LogP contribution in [0, 0.1) is 0 Å².